The van der Waals surface area contributed by atoms with Crippen LogP contribution in [-0.2, 0) is 9.53 Å². The number of aromatic hydroxyl groups is 1. The Bertz CT molecular complexity index is 365. The van der Waals surface area contributed by atoms with E-state index in [0.29, 0.717) is 0 Å². The summed E-state index contributed by atoms with van der Waals surface area (Å²) in [5, 5.41) is 17.3. The third-order valence-electron chi connectivity index (χ3n) is 1.64. The quantitative estimate of drug-likeness (QED) is 0.435. The molecule has 0 bridgehead atoms. The summed E-state index contributed by atoms with van der Waals surface area (Å²) < 4.78 is 4.59. The number of phenolic OH excluding ortho intramolecular Hbond substituents is 1. The molecule has 0 atom stereocenters. The van der Waals surface area contributed by atoms with Crippen molar-refractivity contribution in [3.05, 3.63) is 29.8 Å². The number of ether oxygens (including phenoxy) is 1. The number of Topliss-reactive ketones (excluding diaryl/α,β-unsaturated/α-hetero) is 1. The first kappa shape index (κ1) is 15.1. The zero-order valence-corrected chi connectivity index (χ0v) is 10.8. The molecule has 0 saturated heterocycles. The smallest absolute Gasteiger partial charge is 1.00 e. The first-order valence-corrected chi connectivity index (χ1v) is 4.22. The fourth-order valence-electron chi connectivity index (χ4n) is 0.873. The maximum atomic E-state index is 11.2. The zero-order valence-electron chi connectivity index (χ0n) is 9.84. The van der Waals surface area contributed by atoms with Gasteiger partial charge in [-0.1, -0.05) is 0 Å². The van der Waals surface area contributed by atoms with Crippen LogP contribution in [0.25, 0.3) is 0 Å². The Morgan fingerprint density at radius 2 is 1.81 bits per heavy atom. The van der Waals surface area contributed by atoms with Gasteiger partial charge in [0.05, 0.1) is 5.56 Å². The van der Waals surface area contributed by atoms with Crippen molar-refractivity contribution in [3.8, 4) is 5.75 Å². The van der Waals surface area contributed by atoms with Gasteiger partial charge in [0.1, 0.15) is 12.4 Å². The van der Waals surface area contributed by atoms with Crippen LogP contribution in [0.3, 0.4) is 0 Å². The van der Waals surface area contributed by atoms with Crippen LogP contribution in [0.1, 0.15) is 11.8 Å². The molecule has 0 amide bonds. The molecular weight excluding hydrogens is 223 g/mol. The summed E-state index contributed by atoms with van der Waals surface area (Å²) in [5.74, 6) is -1.20. The number of carbonyl (C=O) groups excluding carboxylic acids is 2. The van der Waals surface area contributed by atoms with Crippen molar-refractivity contribution < 1.29 is 55.5 Å². The van der Waals surface area contributed by atoms with E-state index in [1.54, 1.807) is 0 Å². The summed E-state index contributed by atoms with van der Waals surface area (Å²) in [5.41, 5.74) is 0.235. The average Bonchev–Trinajstić information content (AvgIpc) is 2.26. The number of benzene rings is 1. The van der Waals surface area contributed by atoms with Crippen molar-refractivity contribution in [1.82, 2.24) is 0 Å². The van der Waals surface area contributed by atoms with Crippen LogP contribution >= 0.6 is 0 Å². The second kappa shape index (κ2) is 7.40. The van der Waals surface area contributed by atoms with Gasteiger partial charge in [-0.2, -0.15) is 0 Å². The summed E-state index contributed by atoms with van der Waals surface area (Å²) >= 11 is 0. The Labute approximate surface area is 116 Å². The second-order valence-corrected chi connectivity index (χ2v) is 2.82. The van der Waals surface area contributed by atoms with Crippen molar-refractivity contribution in [1.29, 1.82) is 0 Å². The number of ketones is 1. The third-order valence-corrected chi connectivity index (χ3v) is 1.64. The van der Waals surface area contributed by atoms with E-state index in [9.17, 15) is 9.59 Å². The Hall–Kier alpha value is -0.880. The van der Waals surface area contributed by atoms with Crippen molar-refractivity contribution in [2.45, 2.75) is 0 Å². The topological polar surface area (TPSA) is 83.8 Å². The van der Waals surface area contributed by atoms with Crippen LogP contribution in [0, 0.1) is 0 Å². The van der Waals surface area contributed by atoms with E-state index in [1.807, 2.05) is 0 Å². The first-order chi connectivity index (χ1) is 7.13. The number of phenols is 1. The van der Waals surface area contributed by atoms with Gasteiger partial charge in [0.15, 0.2) is 12.4 Å². The number of hydrogen-bond acceptors (Lipinski definition) is 5. The number of esters is 1. The fourth-order valence-corrected chi connectivity index (χ4v) is 0.873. The predicted molar refractivity (Wildman–Crippen MR) is 51.6 cm³/mol. The Balaban J connectivity index is 0. The Morgan fingerprint density at radius 1 is 1.25 bits per heavy atom. The minimum absolute atomic E-state index is 0. The van der Waals surface area contributed by atoms with E-state index in [-0.39, 0.29) is 42.3 Å². The molecule has 1 rings (SSSR count). The molecule has 0 fully saturated rings. The summed E-state index contributed by atoms with van der Waals surface area (Å²) in [6.45, 7) is -1.10. The van der Waals surface area contributed by atoms with Gasteiger partial charge in [0.25, 0.3) is 0 Å². The van der Waals surface area contributed by atoms with Gasteiger partial charge in [-0.25, -0.2) is 4.79 Å². The van der Waals surface area contributed by atoms with E-state index < -0.39 is 25.0 Å². The molecule has 6 heteroatoms. The zero-order chi connectivity index (χ0) is 11.3. The second-order valence-electron chi connectivity index (χ2n) is 2.82. The van der Waals surface area contributed by atoms with E-state index in [0.717, 1.165) is 0 Å². The van der Waals surface area contributed by atoms with Gasteiger partial charge < -0.3 is 16.4 Å². The molecule has 0 aromatic heterocycles. The number of aliphatic hydroxyl groups is 1. The summed E-state index contributed by atoms with van der Waals surface area (Å²) in [6.07, 6.45) is 0. The SMILES string of the molecule is O=C(CO)COC(=O)c1ccc(O)cc1.[H-].[Na+]. The number of carbonyl (C=O) groups is 2. The van der Waals surface area contributed by atoms with Gasteiger partial charge in [-0.15, -0.1) is 0 Å². The molecule has 16 heavy (non-hydrogen) atoms. The summed E-state index contributed by atoms with van der Waals surface area (Å²) in [6, 6.07) is 5.43. The molecule has 0 unspecified atom stereocenters. The molecule has 1 aromatic carbocycles. The van der Waals surface area contributed by atoms with Crippen LogP contribution < -0.4 is 29.6 Å². The molecule has 0 saturated carbocycles. The molecule has 0 aliphatic rings. The third kappa shape index (κ3) is 4.76. The molecule has 0 heterocycles. The monoisotopic (exact) mass is 234 g/mol. The Kier molecular flexibility index (Phi) is 7.00. The normalized spacial score (nSPS) is 9.06. The van der Waals surface area contributed by atoms with Crippen LogP contribution in [0.2, 0.25) is 0 Å². The van der Waals surface area contributed by atoms with Crippen LogP contribution in [0.5, 0.6) is 5.75 Å². The summed E-state index contributed by atoms with van der Waals surface area (Å²) in [7, 11) is 0. The number of rotatable bonds is 4. The molecule has 5 nitrogen and oxygen atoms in total. The van der Waals surface area contributed by atoms with Gasteiger partial charge in [0.2, 0.25) is 0 Å². The van der Waals surface area contributed by atoms with Gasteiger partial charge in [0, 0.05) is 0 Å². The fraction of sp³-hybridized carbons (Fsp3) is 0.200. The van der Waals surface area contributed by atoms with Crippen molar-refractivity contribution in [2.24, 2.45) is 0 Å². The molecule has 0 radical (unpaired) electrons. The first-order valence-electron chi connectivity index (χ1n) is 4.22. The maximum absolute atomic E-state index is 11.2. The van der Waals surface area contributed by atoms with Gasteiger partial charge in [-0.05, 0) is 24.3 Å². The molecule has 0 spiro atoms. The van der Waals surface area contributed by atoms with E-state index in [4.69, 9.17) is 10.2 Å². The van der Waals surface area contributed by atoms with E-state index in [2.05, 4.69) is 4.74 Å². The van der Waals surface area contributed by atoms with E-state index >= 15 is 0 Å². The van der Waals surface area contributed by atoms with Gasteiger partial charge >= 0.3 is 35.5 Å². The molecule has 2 N–H and O–H groups in total. The maximum Gasteiger partial charge on any atom is 1.00 e. The van der Waals surface area contributed by atoms with Crippen molar-refractivity contribution in [3.63, 3.8) is 0 Å². The van der Waals surface area contributed by atoms with Crippen molar-refractivity contribution in [2.75, 3.05) is 13.2 Å². The van der Waals surface area contributed by atoms with E-state index in [1.165, 1.54) is 24.3 Å². The molecule has 82 valence electrons. The summed E-state index contributed by atoms with van der Waals surface area (Å²) in [4.78, 5) is 21.9. The van der Waals surface area contributed by atoms with Crippen LogP contribution in [-0.4, -0.2) is 35.2 Å². The minimum atomic E-state index is -0.670. The van der Waals surface area contributed by atoms with Crippen LogP contribution in [0.4, 0.5) is 0 Å². The molecular formula is C10H11NaO5. The molecule has 0 aliphatic carbocycles. The Morgan fingerprint density at radius 3 is 2.31 bits per heavy atom. The minimum Gasteiger partial charge on any atom is -1.00 e. The average molecular weight is 234 g/mol. The van der Waals surface area contributed by atoms with Gasteiger partial charge in [-0.3, -0.25) is 4.79 Å². The largest absolute Gasteiger partial charge is 1.00 e. The molecule has 0 aliphatic heterocycles. The number of aliphatic hydroxyl groups excluding tert-OH is 1. The van der Waals surface area contributed by atoms with Crippen LogP contribution in [0.15, 0.2) is 24.3 Å². The standard InChI is InChI=1S/C10H10O5.Na.H/c11-5-9(13)6-15-10(14)7-1-3-8(12)4-2-7;;/h1-4,11-12H,5-6H2;;/q;+1;-1. The molecule has 1 aromatic rings. The number of hydrogen-bond donors (Lipinski definition) is 2. The van der Waals surface area contributed by atoms with Crippen molar-refractivity contribution >= 4 is 11.8 Å². The predicted octanol–water partition coefficient (Wildman–Crippen LogP) is -2.77.